The fourth-order valence-electron chi connectivity index (χ4n) is 6.74. The third-order valence-corrected chi connectivity index (χ3v) is 10.6. The molecule has 42 heavy (non-hydrogen) atoms. The largest absolute Gasteiger partial charge is 0.387 e. The summed E-state index contributed by atoms with van der Waals surface area (Å²) in [5.41, 5.74) is 2.71. The number of aliphatic hydroxyl groups is 1. The van der Waals surface area contributed by atoms with Gasteiger partial charge >= 0.3 is 0 Å². The van der Waals surface area contributed by atoms with Crippen LogP contribution in [0.3, 0.4) is 0 Å². The molecule has 0 bridgehead atoms. The zero-order valence-corrected chi connectivity index (χ0v) is 26.5. The quantitative estimate of drug-likeness (QED) is 0.512. The van der Waals surface area contributed by atoms with Crippen molar-refractivity contribution in [2.45, 2.75) is 57.3 Å². The highest BCUT2D eigenvalue weighted by atomic mass is 35.5. The predicted octanol–water partition coefficient (Wildman–Crippen LogP) is 4.61. The van der Waals surface area contributed by atoms with Gasteiger partial charge in [-0.1, -0.05) is 48.3 Å². The van der Waals surface area contributed by atoms with Gasteiger partial charge in [0.1, 0.15) is 17.0 Å². The molecule has 1 aliphatic carbocycles. The van der Waals surface area contributed by atoms with E-state index in [1.54, 1.807) is 11.8 Å². The fourth-order valence-corrected chi connectivity index (χ4v) is 8.40. The molecular weight excluding hydrogens is 593 g/mol. The van der Waals surface area contributed by atoms with Gasteiger partial charge < -0.3 is 24.7 Å². The number of allylic oxidation sites excluding steroid dienone is 3. The lowest BCUT2D eigenvalue weighted by atomic mass is 9.82. The Kier molecular flexibility index (Phi) is 8.50. The van der Waals surface area contributed by atoms with Crippen molar-refractivity contribution in [3.63, 3.8) is 0 Å². The maximum Gasteiger partial charge on any atom is 0.263 e. The number of carbonyl (C=O) groups excluding carboxylic acids is 2. The van der Waals surface area contributed by atoms with Gasteiger partial charge in [0.05, 0.1) is 17.8 Å². The van der Waals surface area contributed by atoms with Crippen LogP contribution in [0, 0.1) is 5.92 Å². The molecule has 1 aromatic rings. The van der Waals surface area contributed by atoms with Crippen molar-refractivity contribution in [1.82, 2.24) is 19.6 Å². The minimum absolute atomic E-state index is 0.0273. The molecule has 1 aromatic carbocycles. The lowest BCUT2D eigenvalue weighted by Gasteiger charge is -2.36. The van der Waals surface area contributed by atoms with Gasteiger partial charge in [0.25, 0.3) is 5.91 Å². The minimum Gasteiger partial charge on any atom is -0.387 e. The molecule has 1 N–H and O–H groups in total. The van der Waals surface area contributed by atoms with Gasteiger partial charge in [-0.3, -0.25) is 14.6 Å². The molecular formula is C31H37Cl2N5O3S. The molecule has 0 radical (unpaired) electrons. The van der Waals surface area contributed by atoms with Gasteiger partial charge in [0, 0.05) is 42.8 Å². The molecule has 0 spiro atoms. The third kappa shape index (κ3) is 5.43. The number of rotatable bonds is 5. The molecule has 2 amide bonds. The van der Waals surface area contributed by atoms with Gasteiger partial charge in [-0.2, -0.15) is 0 Å². The zero-order valence-electron chi connectivity index (χ0n) is 24.2. The van der Waals surface area contributed by atoms with E-state index in [2.05, 4.69) is 29.8 Å². The minimum atomic E-state index is -0.913. The van der Waals surface area contributed by atoms with E-state index >= 15 is 0 Å². The van der Waals surface area contributed by atoms with Crippen LogP contribution < -0.4 is 0 Å². The molecule has 224 valence electrons. The van der Waals surface area contributed by atoms with Crippen molar-refractivity contribution in [2.24, 2.45) is 10.9 Å². The second-order valence-corrected chi connectivity index (χ2v) is 13.8. The number of likely N-dealkylation sites (tertiary alicyclic amines) is 1. The number of amidine groups is 1. The highest BCUT2D eigenvalue weighted by Gasteiger charge is 2.50. The number of piperazine rings is 1. The number of carbonyl (C=O) groups is 2. The molecule has 2 saturated heterocycles. The standard InChI is InChI=1S/C31H37Cl2N5O3S/c1-18-17-22(33)10-11-23(18)27-25(20-6-8-21(32)9-7-20)34-31-38(27)26(19(2)39)28(42-31)30(41)37-12-4-5-24(37)29(40)36-15-13-35(3)14-16-36/h6-11,18-19,24-25,27,39H,4-5,12-17H2,1-3H3/t18?,19?,24-,25-,27+/m0/s1. The van der Waals surface area contributed by atoms with Gasteiger partial charge in [-0.05, 0) is 80.3 Å². The lowest BCUT2D eigenvalue weighted by Crippen LogP contribution is -2.53. The molecule has 4 heterocycles. The monoisotopic (exact) mass is 629 g/mol. The molecule has 5 aliphatic rings. The van der Waals surface area contributed by atoms with Crippen molar-refractivity contribution < 1.29 is 14.7 Å². The Balaban J connectivity index is 1.35. The van der Waals surface area contributed by atoms with Crippen molar-refractivity contribution in [1.29, 1.82) is 0 Å². The van der Waals surface area contributed by atoms with E-state index in [0.29, 0.717) is 46.8 Å². The Bertz CT molecular complexity index is 1380. The number of halogens is 2. The summed E-state index contributed by atoms with van der Waals surface area (Å²) in [7, 11) is 2.06. The van der Waals surface area contributed by atoms with Crippen LogP contribution >= 0.6 is 35.0 Å². The van der Waals surface area contributed by atoms with Crippen LogP contribution in [0.4, 0.5) is 0 Å². The Morgan fingerprint density at radius 2 is 1.79 bits per heavy atom. The normalized spacial score (nSPS) is 29.0. The van der Waals surface area contributed by atoms with Gasteiger partial charge in [0.15, 0.2) is 5.17 Å². The summed E-state index contributed by atoms with van der Waals surface area (Å²) < 4.78 is 0. The van der Waals surface area contributed by atoms with Gasteiger partial charge in [0.2, 0.25) is 5.91 Å². The van der Waals surface area contributed by atoms with Crippen molar-refractivity contribution in [3.05, 3.63) is 68.2 Å². The van der Waals surface area contributed by atoms with Crippen LogP contribution in [-0.4, -0.2) is 99.6 Å². The number of nitrogens with zero attached hydrogens (tertiary/aromatic N) is 5. The molecule has 11 heteroatoms. The summed E-state index contributed by atoms with van der Waals surface area (Å²) in [5.74, 6) is -0.0195. The van der Waals surface area contributed by atoms with Crippen LogP contribution in [0.2, 0.25) is 5.02 Å². The Labute approximate surface area is 261 Å². The lowest BCUT2D eigenvalue weighted by molar-refractivity contribution is -0.143. The van der Waals surface area contributed by atoms with E-state index in [9.17, 15) is 14.7 Å². The number of amides is 2. The molecule has 0 aromatic heterocycles. The van der Waals surface area contributed by atoms with Crippen LogP contribution in [0.15, 0.2) is 62.6 Å². The highest BCUT2D eigenvalue weighted by molar-refractivity contribution is 8.18. The van der Waals surface area contributed by atoms with E-state index < -0.39 is 12.1 Å². The summed E-state index contributed by atoms with van der Waals surface area (Å²) >= 11 is 13.9. The number of hydrogen-bond donors (Lipinski definition) is 1. The zero-order chi connectivity index (χ0) is 29.7. The fraction of sp³-hybridized carbons (Fsp3) is 0.516. The first kappa shape index (κ1) is 29.8. The number of fused-ring (bicyclic) bond motifs is 1. The van der Waals surface area contributed by atoms with Crippen LogP contribution in [0.1, 0.15) is 44.7 Å². The van der Waals surface area contributed by atoms with Gasteiger partial charge in [-0.25, -0.2) is 0 Å². The maximum absolute atomic E-state index is 14.2. The first-order valence-electron chi connectivity index (χ1n) is 14.7. The summed E-state index contributed by atoms with van der Waals surface area (Å²) in [6.45, 7) is 7.39. The van der Waals surface area contributed by atoms with E-state index in [1.165, 1.54) is 11.8 Å². The molecule has 0 saturated carbocycles. The average Bonchev–Trinajstić information content (AvgIpc) is 3.68. The topological polar surface area (TPSA) is 79.7 Å². The number of benzene rings is 1. The number of aliphatic hydroxyl groups excluding tert-OH is 1. The van der Waals surface area contributed by atoms with Crippen LogP contribution in [-0.2, 0) is 9.59 Å². The SMILES string of the molecule is CC(O)C1=C(C(=O)N2CCC[C@H]2C(=O)N2CCN(C)CC2)SC2=N[C@@H](c3ccc(Cl)cc3)[C@@H](C3=CC=C(Cl)CC3C)N21. The molecule has 4 aliphatic heterocycles. The smallest absolute Gasteiger partial charge is 0.263 e. The molecule has 5 atom stereocenters. The molecule has 6 rings (SSSR count). The second kappa shape index (κ2) is 12.0. The van der Waals surface area contributed by atoms with E-state index in [1.807, 2.05) is 35.2 Å². The van der Waals surface area contributed by atoms with Crippen LogP contribution in [0.5, 0.6) is 0 Å². The summed E-state index contributed by atoms with van der Waals surface area (Å²) in [5, 5.41) is 13.3. The maximum atomic E-state index is 14.2. The predicted molar refractivity (Wildman–Crippen MR) is 168 cm³/mol. The summed E-state index contributed by atoms with van der Waals surface area (Å²) in [6, 6.07) is 6.76. The van der Waals surface area contributed by atoms with Crippen molar-refractivity contribution in [2.75, 3.05) is 39.8 Å². The first-order chi connectivity index (χ1) is 20.1. The third-order valence-electron chi connectivity index (χ3n) is 9.00. The second-order valence-electron chi connectivity index (χ2n) is 11.9. The van der Waals surface area contributed by atoms with E-state index in [4.69, 9.17) is 28.2 Å². The number of aliphatic imine (C=N–C) groups is 1. The Morgan fingerprint density at radius 3 is 2.45 bits per heavy atom. The number of likely N-dealkylation sites (N-methyl/N-ethyl adjacent to an activating group) is 1. The molecule has 8 nitrogen and oxygen atoms in total. The first-order valence-corrected chi connectivity index (χ1v) is 16.3. The van der Waals surface area contributed by atoms with Gasteiger partial charge in [-0.15, -0.1) is 0 Å². The van der Waals surface area contributed by atoms with E-state index in [-0.39, 0.29) is 29.8 Å². The van der Waals surface area contributed by atoms with Crippen molar-refractivity contribution >= 4 is 51.9 Å². The van der Waals surface area contributed by atoms with Crippen molar-refractivity contribution in [3.8, 4) is 0 Å². The Morgan fingerprint density at radius 1 is 1.07 bits per heavy atom. The Hall–Kier alpha value is -2.30. The van der Waals surface area contributed by atoms with E-state index in [0.717, 1.165) is 42.1 Å². The molecule has 2 unspecified atom stereocenters. The van der Waals surface area contributed by atoms with Crippen LogP contribution in [0.25, 0.3) is 0 Å². The number of thioether (sulfide) groups is 1. The summed E-state index contributed by atoms with van der Waals surface area (Å²) in [6.07, 6.45) is 5.25. The summed E-state index contributed by atoms with van der Waals surface area (Å²) in [4.78, 5) is 41.3. The number of hydrogen-bond acceptors (Lipinski definition) is 7. The molecule has 2 fully saturated rings. The highest BCUT2D eigenvalue weighted by Crippen LogP contribution is 2.51. The average molecular weight is 631 g/mol.